The van der Waals surface area contributed by atoms with Gasteiger partial charge in [0.25, 0.3) is 0 Å². The number of fused-ring (bicyclic) bond motifs is 1. The molecule has 2 heterocycles. The lowest BCUT2D eigenvalue weighted by Gasteiger charge is -2.22. The number of aryl methyl sites for hydroxylation is 2. The van der Waals surface area contributed by atoms with Crippen LogP contribution in [0.15, 0.2) is 11.0 Å². The number of nitrogens with zero attached hydrogens (tertiary/aromatic N) is 1. The summed E-state index contributed by atoms with van der Waals surface area (Å²) < 4.78 is 27.9. The molecule has 0 aliphatic carbocycles. The fourth-order valence-electron chi connectivity index (χ4n) is 3.71. The van der Waals surface area contributed by atoms with E-state index >= 15 is 0 Å². The third-order valence-corrected chi connectivity index (χ3v) is 7.36. The molecule has 2 aliphatic rings. The second kappa shape index (κ2) is 5.07. The summed E-state index contributed by atoms with van der Waals surface area (Å²) in [5.41, 5.74) is 3.90. The van der Waals surface area contributed by atoms with Gasteiger partial charge in [-0.2, -0.15) is 4.31 Å². The van der Waals surface area contributed by atoms with E-state index in [1.165, 1.54) is 0 Å². The van der Waals surface area contributed by atoms with E-state index < -0.39 is 10.0 Å². The maximum Gasteiger partial charge on any atom is 0.243 e. The molecule has 2 unspecified atom stereocenters. The van der Waals surface area contributed by atoms with Crippen molar-refractivity contribution in [1.29, 1.82) is 0 Å². The first-order chi connectivity index (χ1) is 9.82. The van der Waals surface area contributed by atoms with E-state index in [0.29, 0.717) is 29.8 Å². The van der Waals surface area contributed by atoms with E-state index in [4.69, 9.17) is 0 Å². The van der Waals surface area contributed by atoms with Gasteiger partial charge in [-0.1, -0.05) is 6.07 Å². The number of hydrogen-bond donors (Lipinski definition) is 1. The first-order valence-electron chi connectivity index (χ1n) is 7.60. The predicted molar refractivity (Wildman–Crippen MR) is 84.0 cm³/mol. The van der Waals surface area contributed by atoms with Crippen LogP contribution in [0.2, 0.25) is 0 Å². The second-order valence-electron chi connectivity index (χ2n) is 6.59. The molecule has 1 aromatic rings. The Morgan fingerprint density at radius 2 is 1.48 bits per heavy atom. The van der Waals surface area contributed by atoms with E-state index in [9.17, 15) is 8.42 Å². The Morgan fingerprint density at radius 3 is 1.95 bits per heavy atom. The van der Waals surface area contributed by atoms with E-state index in [2.05, 4.69) is 11.4 Å². The van der Waals surface area contributed by atoms with Gasteiger partial charge in [-0.05, 0) is 74.9 Å². The van der Waals surface area contributed by atoms with Crippen molar-refractivity contribution < 1.29 is 8.42 Å². The van der Waals surface area contributed by atoms with Crippen molar-refractivity contribution in [1.82, 2.24) is 9.62 Å². The molecule has 0 amide bonds. The van der Waals surface area contributed by atoms with Gasteiger partial charge >= 0.3 is 0 Å². The van der Waals surface area contributed by atoms with E-state index in [1.54, 1.807) is 4.31 Å². The van der Waals surface area contributed by atoms with Crippen molar-refractivity contribution in [3.63, 3.8) is 0 Å². The highest BCUT2D eigenvalue weighted by Crippen LogP contribution is 2.34. The average molecular weight is 308 g/mol. The molecule has 116 valence electrons. The lowest BCUT2D eigenvalue weighted by Crippen LogP contribution is -2.33. The quantitative estimate of drug-likeness (QED) is 0.906. The van der Waals surface area contributed by atoms with Gasteiger partial charge in [-0.3, -0.25) is 0 Å². The van der Waals surface area contributed by atoms with E-state index in [1.807, 2.05) is 27.7 Å². The molecule has 2 saturated heterocycles. The lowest BCUT2D eigenvalue weighted by molar-refractivity contribution is 0.447. The van der Waals surface area contributed by atoms with Crippen molar-refractivity contribution in [3.8, 4) is 0 Å². The van der Waals surface area contributed by atoms with Crippen LogP contribution in [0.3, 0.4) is 0 Å². The van der Waals surface area contributed by atoms with Gasteiger partial charge in [-0.15, -0.1) is 0 Å². The van der Waals surface area contributed by atoms with Gasteiger partial charge in [0.15, 0.2) is 0 Å². The SMILES string of the molecule is Cc1cc(C)c(C)c(S(=O)(=O)N2CC3CNCC3C2)c1C. The fraction of sp³-hybridized carbons (Fsp3) is 0.625. The largest absolute Gasteiger partial charge is 0.316 e. The number of benzene rings is 1. The van der Waals surface area contributed by atoms with E-state index in [-0.39, 0.29) is 0 Å². The number of hydrogen-bond acceptors (Lipinski definition) is 3. The fourth-order valence-corrected chi connectivity index (χ4v) is 5.83. The van der Waals surface area contributed by atoms with Crippen molar-refractivity contribution in [2.24, 2.45) is 11.8 Å². The molecule has 1 N–H and O–H groups in total. The molecule has 2 fully saturated rings. The molecule has 0 bridgehead atoms. The second-order valence-corrected chi connectivity index (χ2v) is 8.46. The maximum absolute atomic E-state index is 13.1. The Kier molecular flexibility index (Phi) is 3.62. The average Bonchev–Trinajstić information content (AvgIpc) is 2.97. The van der Waals surface area contributed by atoms with Crippen LogP contribution in [0.5, 0.6) is 0 Å². The third kappa shape index (κ3) is 2.31. The van der Waals surface area contributed by atoms with Crippen LogP contribution in [-0.2, 0) is 10.0 Å². The van der Waals surface area contributed by atoms with Gasteiger partial charge in [0.1, 0.15) is 0 Å². The van der Waals surface area contributed by atoms with Crippen molar-refractivity contribution in [2.75, 3.05) is 26.2 Å². The zero-order chi connectivity index (χ0) is 15.4. The smallest absolute Gasteiger partial charge is 0.243 e. The Morgan fingerprint density at radius 1 is 1.00 bits per heavy atom. The molecule has 2 atom stereocenters. The predicted octanol–water partition coefficient (Wildman–Crippen LogP) is 1.76. The lowest BCUT2D eigenvalue weighted by atomic mass is 10.0. The highest BCUT2D eigenvalue weighted by atomic mass is 32.2. The Balaban J connectivity index is 2.04. The van der Waals surface area contributed by atoms with Gasteiger partial charge in [0.05, 0.1) is 4.90 Å². The summed E-state index contributed by atoms with van der Waals surface area (Å²) in [6, 6.07) is 2.08. The highest BCUT2D eigenvalue weighted by molar-refractivity contribution is 7.89. The van der Waals surface area contributed by atoms with Crippen LogP contribution < -0.4 is 5.32 Å². The minimum atomic E-state index is -3.38. The summed E-state index contributed by atoms with van der Waals surface area (Å²) in [5, 5.41) is 3.36. The summed E-state index contributed by atoms with van der Waals surface area (Å²) in [7, 11) is -3.38. The van der Waals surface area contributed by atoms with Gasteiger partial charge in [-0.25, -0.2) is 8.42 Å². The molecule has 21 heavy (non-hydrogen) atoms. The molecule has 3 rings (SSSR count). The normalized spacial score (nSPS) is 26.3. The number of rotatable bonds is 2. The summed E-state index contributed by atoms with van der Waals surface area (Å²) in [4.78, 5) is 0.535. The molecular formula is C16H24N2O2S. The Hall–Kier alpha value is -0.910. The van der Waals surface area contributed by atoms with Crippen LogP contribution in [0.1, 0.15) is 22.3 Å². The monoisotopic (exact) mass is 308 g/mol. The minimum absolute atomic E-state index is 0.478. The molecule has 2 aliphatic heterocycles. The highest BCUT2D eigenvalue weighted by Gasteiger charge is 2.42. The maximum atomic E-state index is 13.1. The Bertz CT molecular complexity index is 644. The summed E-state index contributed by atoms with van der Waals surface area (Å²) >= 11 is 0. The zero-order valence-corrected chi connectivity index (χ0v) is 14.0. The standard InChI is InChI=1S/C16H24N2O2S/c1-10-5-11(2)13(4)16(12(10)3)21(19,20)18-8-14-6-17-7-15(14)9-18/h5,14-15,17H,6-9H2,1-4H3. The van der Waals surface area contributed by atoms with Crippen LogP contribution in [-0.4, -0.2) is 38.9 Å². The van der Waals surface area contributed by atoms with Crippen LogP contribution >= 0.6 is 0 Å². The van der Waals surface area contributed by atoms with E-state index in [0.717, 1.165) is 35.3 Å². The number of sulfonamides is 1. The van der Waals surface area contributed by atoms with Crippen LogP contribution in [0, 0.1) is 39.5 Å². The molecular weight excluding hydrogens is 284 g/mol. The molecule has 0 spiro atoms. The Labute approximate surface area is 127 Å². The van der Waals surface area contributed by atoms with Crippen molar-refractivity contribution in [3.05, 3.63) is 28.3 Å². The van der Waals surface area contributed by atoms with Crippen molar-refractivity contribution in [2.45, 2.75) is 32.6 Å². The van der Waals surface area contributed by atoms with Gasteiger partial charge < -0.3 is 5.32 Å². The molecule has 0 radical (unpaired) electrons. The van der Waals surface area contributed by atoms with Gasteiger partial charge in [0, 0.05) is 13.1 Å². The zero-order valence-electron chi connectivity index (χ0n) is 13.2. The summed E-state index contributed by atoms with van der Waals surface area (Å²) in [6.45, 7) is 11.0. The molecule has 5 heteroatoms. The molecule has 0 saturated carbocycles. The van der Waals surface area contributed by atoms with Crippen LogP contribution in [0.25, 0.3) is 0 Å². The van der Waals surface area contributed by atoms with Gasteiger partial charge in [0.2, 0.25) is 10.0 Å². The number of nitrogens with one attached hydrogen (secondary N) is 1. The molecule has 4 nitrogen and oxygen atoms in total. The summed E-state index contributed by atoms with van der Waals surface area (Å²) in [6.07, 6.45) is 0. The molecule has 1 aromatic carbocycles. The van der Waals surface area contributed by atoms with Crippen LogP contribution in [0.4, 0.5) is 0 Å². The third-order valence-electron chi connectivity index (χ3n) is 5.25. The molecule has 0 aromatic heterocycles. The minimum Gasteiger partial charge on any atom is -0.316 e. The van der Waals surface area contributed by atoms with Crippen molar-refractivity contribution >= 4 is 10.0 Å². The first kappa shape index (κ1) is 15.0. The topological polar surface area (TPSA) is 49.4 Å². The summed E-state index contributed by atoms with van der Waals surface area (Å²) in [5.74, 6) is 0.956. The first-order valence-corrected chi connectivity index (χ1v) is 9.04.